The Morgan fingerprint density at radius 2 is 1.73 bits per heavy atom. The van der Waals surface area contributed by atoms with E-state index in [1.165, 1.54) is 19.3 Å². The molecule has 0 radical (unpaired) electrons. The van der Waals surface area contributed by atoms with E-state index in [0.717, 1.165) is 18.6 Å². The van der Waals surface area contributed by atoms with Crippen LogP contribution in [0, 0.1) is 0 Å². The van der Waals surface area contributed by atoms with Crippen LogP contribution in [-0.4, -0.2) is 12.1 Å². The molecule has 1 aromatic carbocycles. The van der Waals surface area contributed by atoms with Crippen molar-refractivity contribution in [1.82, 2.24) is 0 Å². The van der Waals surface area contributed by atoms with Gasteiger partial charge in [0.1, 0.15) is 11.9 Å². The first-order valence-electron chi connectivity index (χ1n) is 5.83. The lowest BCUT2D eigenvalue weighted by Gasteiger charge is -2.22. The quantitative estimate of drug-likeness (QED) is 0.753. The highest BCUT2D eigenvalue weighted by Crippen LogP contribution is 2.21. The average molecular weight is 205 g/mol. The molecule has 0 spiro atoms. The Bertz CT molecular complexity index is 286. The predicted octanol–water partition coefficient (Wildman–Crippen LogP) is 2.73. The molecule has 2 rings (SSSR count). The van der Waals surface area contributed by atoms with Crippen LogP contribution in [-0.2, 0) is 0 Å². The first kappa shape index (κ1) is 10.5. The van der Waals surface area contributed by atoms with Crippen molar-refractivity contribution < 1.29 is 4.74 Å². The summed E-state index contributed by atoms with van der Waals surface area (Å²) in [7, 11) is 0. The molecule has 1 aliphatic rings. The SMILES string of the molecule is NC1CCCCCC1Oc1ccccc1. The molecule has 2 nitrogen and oxygen atoms in total. The lowest BCUT2D eigenvalue weighted by molar-refractivity contribution is 0.163. The van der Waals surface area contributed by atoms with Gasteiger partial charge in [0.05, 0.1) is 0 Å². The molecule has 15 heavy (non-hydrogen) atoms. The minimum Gasteiger partial charge on any atom is -0.489 e. The molecule has 0 saturated heterocycles. The molecule has 2 N–H and O–H groups in total. The van der Waals surface area contributed by atoms with Crippen LogP contribution in [0.2, 0.25) is 0 Å². The minimum absolute atomic E-state index is 0.202. The lowest BCUT2D eigenvalue weighted by atomic mass is 10.1. The Balaban J connectivity index is 1.97. The van der Waals surface area contributed by atoms with Gasteiger partial charge in [-0.25, -0.2) is 0 Å². The second-order valence-electron chi connectivity index (χ2n) is 4.27. The summed E-state index contributed by atoms with van der Waals surface area (Å²) in [6.07, 6.45) is 6.17. The van der Waals surface area contributed by atoms with E-state index in [0.29, 0.717) is 0 Å². The molecular weight excluding hydrogens is 186 g/mol. The molecule has 0 aromatic heterocycles. The normalized spacial score (nSPS) is 27.0. The largest absolute Gasteiger partial charge is 0.489 e. The van der Waals surface area contributed by atoms with Gasteiger partial charge in [0, 0.05) is 6.04 Å². The van der Waals surface area contributed by atoms with Gasteiger partial charge in [-0.2, -0.15) is 0 Å². The van der Waals surface area contributed by atoms with Crippen molar-refractivity contribution in [2.75, 3.05) is 0 Å². The van der Waals surface area contributed by atoms with E-state index >= 15 is 0 Å². The fraction of sp³-hybridized carbons (Fsp3) is 0.538. The molecule has 2 atom stereocenters. The van der Waals surface area contributed by atoms with E-state index < -0.39 is 0 Å². The van der Waals surface area contributed by atoms with Crippen molar-refractivity contribution in [2.45, 2.75) is 44.2 Å². The summed E-state index contributed by atoms with van der Waals surface area (Å²) in [5, 5.41) is 0. The molecule has 0 heterocycles. The van der Waals surface area contributed by atoms with Gasteiger partial charge >= 0.3 is 0 Å². The Hall–Kier alpha value is -1.02. The third-order valence-corrected chi connectivity index (χ3v) is 3.03. The van der Waals surface area contributed by atoms with E-state index in [-0.39, 0.29) is 12.1 Å². The number of benzene rings is 1. The van der Waals surface area contributed by atoms with Crippen LogP contribution in [0.15, 0.2) is 30.3 Å². The average Bonchev–Trinajstić information content (AvgIpc) is 2.46. The fourth-order valence-corrected chi connectivity index (χ4v) is 2.12. The molecule has 2 unspecified atom stereocenters. The van der Waals surface area contributed by atoms with E-state index in [9.17, 15) is 0 Å². The molecular formula is C13H19NO. The molecule has 0 aliphatic heterocycles. The summed E-state index contributed by atoms with van der Waals surface area (Å²) in [5.74, 6) is 0.944. The molecule has 0 bridgehead atoms. The standard InChI is InChI=1S/C13H19NO/c14-12-9-5-2-6-10-13(12)15-11-7-3-1-4-8-11/h1,3-4,7-8,12-13H,2,5-6,9-10,14H2. The second-order valence-corrected chi connectivity index (χ2v) is 4.27. The number of hydrogen-bond donors (Lipinski definition) is 1. The van der Waals surface area contributed by atoms with Crippen molar-refractivity contribution in [2.24, 2.45) is 5.73 Å². The predicted molar refractivity (Wildman–Crippen MR) is 61.9 cm³/mol. The van der Waals surface area contributed by atoms with E-state index in [4.69, 9.17) is 10.5 Å². The summed E-state index contributed by atoms with van der Waals surface area (Å²) in [4.78, 5) is 0. The van der Waals surface area contributed by atoms with E-state index in [2.05, 4.69) is 0 Å². The number of ether oxygens (including phenoxy) is 1. The molecule has 2 heteroatoms. The fourth-order valence-electron chi connectivity index (χ4n) is 2.12. The summed E-state index contributed by atoms with van der Waals surface area (Å²) >= 11 is 0. The Kier molecular flexibility index (Phi) is 3.62. The van der Waals surface area contributed by atoms with Crippen molar-refractivity contribution in [3.63, 3.8) is 0 Å². The van der Waals surface area contributed by atoms with Crippen molar-refractivity contribution in [1.29, 1.82) is 0 Å². The van der Waals surface area contributed by atoms with E-state index in [1.807, 2.05) is 30.3 Å². The van der Waals surface area contributed by atoms with Crippen LogP contribution in [0.5, 0.6) is 5.75 Å². The van der Waals surface area contributed by atoms with Crippen LogP contribution in [0.1, 0.15) is 32.1 Å². The third kappa shape index (κ3) is 2.96. The maximum absolute atomic E-state index is 6.10. The highest BCUT2D eigenvalue weighted by molar-refractivity contribution is 5.21. The van der Waals surface area contributed by atoms with Crippen molar-refractivity contribution in [3.05, 3.63) is 30.3 Å². The van der Waals surface area contributed by atoms with Crippen molar-refractivity contribution >= 4 is 0 Å². The molecule has 82 valence electrons. The van der Waals surface area contributed by atoms with Gasteiger partial charge in [-0.1, -0.05) is 31.0 Å². The number of para-hydroxylation sites is 1. The third-order valence-electron chi connectivity index (χ3n) is 3.03. The molecule has 0 amide bonds. The molecule has 1 fully saturated rings. The lowest BCUT2D eigenvalue weighted by Crippen LogP contribution is -2.37. The molecule has 1 aliphatic carbocycles. The van der Waals surface area contributed by atoms with Crippen LogP contribution >= 0.6 is 0 Å². The van der Waals surface area contributed by atoms with Crippen LogP contribution in [0.4, 0.5) is 0 Å². The highest BCUT2D eigenvalue weighted by atomic mass is 16.5. The Labute approximate surface area is 91.4 Å². The monoisotopic (exact) mass is 205 g/mol. The number of rotatable bonds is 2. The van der Waals surface area contributed by atoms with E-state index in [1.54, 1.807) is 0 Å². The van der Waals surface area contributed by atoms with Crippen molar-refractivity contribution in [3.8, 4) is 5.75 Å². The zero-order valence-electron chi connectivity index (χ0n) is 9.06. The Morgan fingerprint density at radius 3 is 2.53 bits per heavy atom. The highest BCUT2D eigenvalue weighted by Gasteiger charge is 2.21. The topological polar surface area (TPSA) is 35.2 Å². The summed E-state index contributed by atoms with van der Waals surface area (Å²) in [6, 6.07) is 10.2. The van der Waals surface area contributed by atoms with Crippen LogP contribution in [0.25, 0.3) is 0 Å². The van der Waals surface area contributed by atoms with Gasteiger partial charge < -0.3 is 10.5 Å². The van der Waals surface area contributed by atoms with Gasteiger partial charge in [0.2, 0.25) is 0 Å². The zero-order chi connectivity index (χ0) is 10.5. The van der Waals surface area contributed by atoms with Gasteiger partial charge in [-0.15, -0.1) is 0 Å². The second kappa shape index (κ2) is 5.17. The molecule has 1 aromatic rings. The maximum Gasteiger partial charge on any atom is 0.119 e. The summed E-state index contributed by atoms with van der Waals surface area (Å²) < 4.78 is 5.92. The number of hydrogen-bond acceptors (Lipinski definition) is 2. The van der Waals surface area contributed by atoms with Gasteiger partial charge in [0.25, 0.3) is 0 Å². The number of nitrogens with two attached hydrogens (primary N) is 1. The van der Waals surface area contributed by atoms with Crippen LogP contribution in [0.3, 0.4) is 0 Å². The van der Waals surface area contributed by atoms with Crippen LogP contribution < -0.4 is 10.5 Å². The van der Waals surface area contributed by atoms with Gasteiger partial charge in [-0.05, 0) is 31.4 Å². The molecule has 1 saturated carbocycles. The first-order chi connectivity index (χ1) is 7.36. The summed E-state index contributed by atoms with van der Waals surface area (Å²) in [5.41, 5.74) is 6.10. The first-order valence-corrected chi connectivity index (χ1v) is 5.83. The minimum atomic E-state index is 0.202. The van der Waals surface area contributed by atoms with Gasteiger partial charge in [0.15, 0.2) is 0 Å². The van der Waals surface area contributed by atoms with Gasteiger partial charge in [-0.3, -0.25) is 0 Å². The zero-order valence-corrected chi connectivity index (χ0v) is 9.06. The maximum atomic E-state index is 6.10. The summed E-state index contributed by atoms with van der Waals surface area (Å²) in [6.45, 7) is 0. The smallest absolute Gasteiger partial charge is 0.119 e. The Morgan fingerprint density at radius 1 is 1.00 bits per heavy atom.